The molecule has 0 radical (unpaired) electrons. The van der Waals surface area contributed by atoms with Crippen LogP contribution < -0.4 is 15.0 Å². The summed E-state index contributed by atoms with van der Waals surface area (Å²) in [5.74, 6) is -1.91. The van der Waals surface area contributed by atoms with Crippen molar-refractivity contribution in [3.8, 4) is 5.75 Å². The van der Waals surface area contributed by atoms with E-state index in [0.717, 1.165) is 17.7 Å². The van der Waals surface area contributed by atoms with Gasteiger partial charge in [-0.3, -0.25) is 0 Å². The van der Waals surface area contributed by atoms with Gasteiger partial charge in [-0.05, 0) is 0 Å². The average Bonchev–Trinajstić information content (AvgIpc) is 2.85. The average molecular weight is 649 g/mol. The number of esters is 1. The Morgan fingerprint density at radius 2 is 1.69 bits per heavy atom. The second-order valence-corrected chi connectivity index (χ2v) is 16.0. The van der Waals surface area contributed by atoms with Crippen LogP contribution in [-0.2, 0) is 31.9 Å². The molecule has 0 saturated heterocycles. The van der Waals surface area contributed by atoms with Crippen LogP contribution in [0.4, 0.5) is 10.5 Å². The Labute approximate surface area is 249 Å². The van der Waals surface area contributed by atoms with Gasteiger partial charge in [0.1, 0.15) is 0 Å². The van der Waals surface area contributed by atoms with E-state index in [2.05, 4.69) is 24.5 Å². The molecule has 2 amide bonds. The van der Waals surface area contributed by atoms with Gasteiger partial charge in [0, 0.05) is 0 Å². The maximum absolute atomic E-state index is 13.5. The Morgan fingerprint density at radius 1 is 1.07 bits per heavy atom. The van der Waals surface area contributed by atoms with Crippen LogP contribution >= 0.6 is 0 Å². The molecule has 0 heterocycles. The first kappa shape index (κ1) is 33.2. The van der Waals surface area contributed by atoms with E-state index >= 15 is 0 Å². The van der Waals surface area contributed by atoms with Gasteiger partial charge in [-0.1, -0.05) is 0 Å². The quantitative estimate of drug-likeness (QED) is 0.172. The van der Waals surface area contributed by atoms with Crippen molar-refractivity contribution in [1.82, 2.24) is 5.32 Å². The monoisotopic (exact) mass is 648 g/mol. The molecular formula is C30H41AsN2O9. The van der Waals surface area contributed by atoms with Gasteiger partial charge in [-0.15, -0.1) is 0 Å². The van der Waals surface area contributed by atoms with Crippen molar-refractivity contribution in [1.29, 1.82) is 0 Å². The molecule has 0 bridgehead atoms. The number of nitrogens with one attached hydrogen (secondary N) is 2. The zero-order valence-electron chi connectivity index (χ0n) is 25.1. The molecule has 4 N–H and O–H groups in total. The van der Waals surface area contributed by atoms with Gasteiger partial charge in [0.05, 0.1) is 0 Å². The van der Waals surface area contributed by atoms with E-state index in [1.807, 2.05) is 30.3 Å². The van der Waals surface area contributed by atoms with Gasteiger partial charge in [0.2, 0.25) is 0 Å². The van der Waals surface area contributed by atoms with Crippen LogP contribution in [-0.4, -0.2) is 65.7 Å². The van der Waals surface area contributed by atoms with E-state index in [4.69, 9.17) is 13.2 Å². The number of alkyl carbamates (subject to hydrolysis) is 1. The predicted octanol–water partition coefficient (Wildman–Crippen LogP) is 3.52. The summed E-state index contributed by atoms with van der Waals surface area (Å²) in [5, 5.41) is 15.4. The van der Waals surface area contributed by atoms with Crippen LogP contribution in [0.5, 0.6) is 5.75 Å². The number of methoxy groups -OCH3 is 1. The number of hydrogen-bond acceptors (Lipinski definition) is 8. The molecule has 2 aromatic carbocycles. The van der Waals surface area contributed by atoms with Gasteiger partial charge < -0.3 is 0 Å². The molecule has 230 valence electrons. The summed E-state index contributed by atoms with van der Waals surface area (Å²) in [5.41, 5.74) is -1.86. The molecule has 2 aromatic rings. The predicted molar refractivity (Wildman–Crippen MR) is 157 cm³/mol. The summed E-state index contributed by atoms with van der Waals surface area (Å²) >= 11 is -5.45. The zero-order valence-corrected chi connectivity index (χ0v) is 27.0. The van der Waals surface area contributed by atoms with E-state index < -0.39 is 49.4 Å². The molecule has 12 heteroatoms. The number of carbonyl (C=O) groups is 3. The molecule has 2 atom stereocenters. The fourth-order valence-corrected chi connectivity index (χ4v) is 8.02. The molecule has 42 heavy (non-hydrogen) atoms. The van der Waals surface area contributed by atoms with Crippen LogP contribution in [0.15, 0.2) is 48.5 Å². The fourth-order valence-electron chi connectivity index (χ4n) is 5.17. The van der Waals surface area contributed by atoms with Crippen LogP contribution in [0.25, 0.3) is 0 Å². The summed E-state index contributed by atoms with van der Waals surface area (Å²) in [6, 6.07) is 12.9. The van der Waals surface area contributed by atoms with E-state index in [1.54, 1.807) is 20.8 Å². The van der Waals surface area contributed by atoms with Crippen molar-refractivity contribution in [2.75, 3.05) is 12.4 Å². The molecule has 3 rings (SSSR count). The SMILES string of the molecule is COC(=O)C1(O[As](=O)(O)c2ccc(O)c(NC(C)=O)c2)CC(C(CC(C)(C)c2ccccc2)NC(=O)OC(C)(C)C)C1. The molecule has 11 nitrogen and oxygen atoms in total. The van der Waals surface area contributed by atoms with Crippen molar-refractivity contribution < 1.29 is 40.5 Å². The summed E-state index contributed by atoms with van der Waals surface area (Å²) in [6.07, 6.45) is -0.113. The number of benzene rings is 2. The molecule has 1 fully saturated rings. The molecule has 0 aliphatic heterocycles. The summed E-state index contributed by atoms with van der Waals surface area (Å²) in [6.45, 7) is 10.6. The third-order valence-electron chi connectivity index (χ3n) is 7.21. The second kappa shape index (κ2) is 12.5. The fraction of sp³-hybridized carbons (Fsp3) is 0.500. The van der Waals surface area contributed by atoms with Crippen LogP contribution in [0.1, 0.15) is 66.4 Å². The van der Waals surface area contributed by atoms with Gasteiger partial charge in [-0.25, -0.2) is 0 Å². The van der Waals surface area contributed by atoms with Crippen molar-refractivity contribution in [2.45, 2.75) is 83.5 Å². The maximum atomic E-state index is 13.5. The van der Waals surface area contributed by atoms with Crippen molar-refractivity contribution >= 4 is 42.2 Å². The van der Waals surface area contributed by atoms with E-state index in [-0.39, 0.29) is 40.0 Å². The van der Waals surface area contributed by atoms with Crippen molar-refractivity contribution in [3.63, 3.8) is 0 Å². The summed E-state index contributed by atoms with van der Waals surface area (Å²) < 4.78 is 40.6. The number of ether oxygens (including phenoxy) is 2. The molecule has 2 unspecified atom stereocenters. The molecule has 1 aliphatic carbocycles. The van der Waals surface area contributed by atoms with Gasteiger partial charge in [-0.2, -0.15) is 0 Å². The Kier molecular flexibility index (Phi) is 9.92. The van der Waals surface area contributed by atoms with Crippen LogP contribution in [0, 0.1) is 5.92 Å². The summed E-state index contributed by atoms with van der Waals surface area (Å²) in [7, 11) is 1.17. The first-order chi connectivity index (χ1) is 19.4. The van der Waals surface area contributed by atoms with Crippen LogP contribution in [0.3, 0.4) is 0 Å². The third kappa shape index (κ3) is 8.18. The molecule has 0 spiro atoms. The number of rotatable bonds is 10. The number of phenols is 1. The summed E-state index contributed by atoms with van der Waals surface area (Å²) in [4.78, 5) is 37.3. The number of hydrogen-bond donors (Lipinski definition) is 4. The van der Waals surface area contributed by atoms with Gasteiger partial charge in [0.25, 0.3) is 0 Å². The van der Waals surface area contributed by atoms with Gasteiger partial charge >= 0.3 is 250 Å². The molecule has 1 aliphatic rings. The van der Waals surface area contributed by atoms with Crippen LogP contribution in [0.2, 0.25) is 0 Å². The number of aromatic hydroxyl groups is 1. The zero-order chi connectivity index (χ0) is 31.5. The molecule has 0 aromatic heterocycles. The number of anilines is 1. The number of carbonyl (C=O) groups excluding carboxylic acids is 3. The second-order valence-electron chi connectivity index (χ2n) is 12.4. The van der Waals surface area contributed by atoms with E-state index in [0.29, 0.717) is 6.42 Å². The normalized spacial score (nSPS) is 20.8. The van der Waals surface area contributed by atoms with Crippen molar-refractivity contribution in [2.24, 2.45) is 5.92 Å². The van der Waals surface area contributed by atoms with E-state index in [1.165, 1.54) is 20.1 Å². The Hall–Kier alpha value is -3.27. The number of amides is 2. The Bertz CT molecular complexity index is 1350. The first-order valence-electron chi connectivity index (χ1n) is 13.7. The Balaban J connectivity index is 1.89. The third-order valence-corrected chi connectivity index (χ3v) is 10.4. The topological polar surface area (TPSA) is 160 Å². The minimum absolute atomic E-state index is 0.00745. The molecule has 1 saturated carbocycles. The standard InChI is InChI=1S/C30H41AsN2O9/c1-19(34)32-23-15-22(13-14-25(23)35)31(38,39)42-30(26(36)40-7)16-20(17-30)24(33-27(37)41-28(2,3)4)18-29(5,6)21-11-9-8-10-12-21/h8-15,20,24,35H,16-18H2,1-7H3,(H,32,34)(H,33,37)(H,38,39). The van der Waals surface area contributed by atoms with Gasteiger partial charge in [0.15, 0.2) is 0 Å². The molecular weight excluding hydrogens is 607 g/mol. The van der Waals surface area contributed by atoms with Crippen molar-refractivity contribution in [3.05, 3.63) is 54.1 Å². The number of phenolic OH excluding ortho intramolecular Hbond substituents is 1. The Morgan fingerprint density at radius 3 is 2.24 bits per heavy atom. The first-order valence-corrected chi connectivity index (χ1v) is 17.0. The van der Waals surface area contributed by atoms with E-state index in [9.17, 15) is 27.3 Å². The minimum atomic E-state index is -5.45.